The standard InChI is InChI=1S/C11H16Si.3CO.Cr/c1-5-10-8-6-7-9-11(10)12(2,3)4;3*1-2;/h5-9H,1H2,2-4H3;;;;. The molecule has 0 aliphatic heterocycles. The van der Waals surface area contributed by atoms with Crippen molar-refractivity contribution in [2.45, 2.75) is 19.6 Å². The predicted molar refractivity (Wildman–Crippen MR) is 71.3 cm³/mol. The van der Waals surface area contributed by atoms with Crippen molar-refractivity contribution in [2.75, 3.05) is 0 Å². The molecule has 1 rings (SSSR count). The van der Waals surface area contributed by atoms with Crippen molar-refractivity contribution in [2.24, 2.45) is 0 Å². The summed E-state index contributed by atoms with van der Waals surface area (Å²) in [6.07, 6.45) is 1.95. The molecule has 0 amide bonds. The van der Waals surface area contributed by atoms with Gasteiger partial charge in [0.2, 0.25) is 0 Å². The molecule has 0 unspecified atom stereocenters. The van der Waals surface area contributed by atoms with E-state index in [-0.39, 0.29) is 17.4 Å². The Hall–Kier alpha value is -1.07. The van der Waals surface area contributed by atoms with E-state index in [1.54, 1.807) is 0 Å². The van der Waals surface area contributed by atoms with E-state index in [4.69, 9.17) is 14.0 Å². The second-order valence-electron chi connectivity index (χ2n) is 4.04. The minimum atomic E-state index is -1.17. The molecule has 0 spiro atoms. The predicted octanol–water partition coefficient (Wildman–Crippen LogP) is 2.76. The Labute approximate surface area is 127 Å². The zero-order valence-corrected chi connectivity index (χ0v) is 13.5. The Morgan fingerprint density at radius 1 is 0.947 bits per heavy atom. The van der Waals surface area contributed by atoms with Crippen molar-refractivity contribution in [3.8, 4) is 0 Å². The summed E-state index contributed by atoms with van der Waals surface area (Å²) in [5.41, 5.74) is 1.30. The van der Waals surface area contributed by atoms with Gasteiger partial charge in [0.1, 0.15) is 0 Å². The largest absolute Gasteiger partial charge is 0 e. The van der Waals surface area contributed by atoms with Crippen LogP contribution in [0.2, 0.25) is 19.6 Å². The molecule has 100 valence electrons. The summed E-state index contributed by atoms with van der Waals surface area (Å²) in [6.45, 7) is 24.4. The fraction of sp³-hybridized carbons (Fsp3) is 0.214. The maximum Gasteiger partial charge on any atom is 0 e. The molecule has 3 nitrogen and oxygen atoms in total. The number of benzene rings is 1. The van der Waals surface area contributed by atoms with Crippen LogP contribution in [0.5, 0.6) is 0 Å². The van der Waals surface area contributed by atoms with Crippen LogP contribution in [0.15, 0.2) is 30.8 Å². The Kier molecular flexibility index (Phi) is 23.6. The van der Waals surface area contributed by atoms with Crippen LogP contribution in [0.1, 0.15) is 5.56 Å². The second-order valence-corrected chi connectivity index (χ2v) is 9.08. The van der Waals surface area contributed by atoms with Crippen LogP contribution in [0.3, 0.4) is 0 Å². The van der Waals surface area contributed by atoms with Crippen LogP contribution in [-0.4, -0.2) is 8.07 Å². The van der Waals surface area contributed by atoms with E-state index in [0.717, 1.165) is 0 Å². The average molecular weight is 312 g/mol. The van der Waals surface area contributed by atoms with Crippen LogP contribution in [0, 0.1) is 20.0 Å². The second kappa shape index (κ2) is 16.9. The van der Waals surface area contributed by atoms with Crippen LogP contribution in [0.4, 0.5) is 0 Å². The summed E-state index contributed by atoms with van der Waals surface area (Å²) in [5, 5.41) is 1.50. The fourth-order valence-corrected chi connectivity index (χ4v) is 3.01. The molecule has 0 saturated heterocycles. The monoisotopic (exact) mass is 312 g/mol. The first kappa shape index (κ1) is 26.5. The maximum atomic E-state index is 7.50. The molecule has 0 saturated carbocycles. The van der Waals surface area contributed by atoms with Gasteiger partial charge in [-0.3, -0.25) is 0 Å². The molecule has 0 radical (unpaired) electrons. The van der Waals surface area contributed by atoms with Crippen molar-refractivity contribution in [1.29, 1.82) is 0 Å². The van der Waals surface area contributed by atoms with Gasteiger partial charge in [0.25, 0.3) is 0 Å². The van der Waals surface area contributed by atoms with E-state index >= 15 is 0 Å². The molecule has 0 aliphatic carbocycles. The Morgan fingerprint density at radius 2 is 1.32 bits per heavy atom. The average Bonchev–Trinajstić information content (AvgIpc) is 2.44. The van der Waals surface area contributed by atoms with E-state index < -0.39 is 8.07 Å². The van der Waals surface area contributed by atoms with Gasteiger partial charge in [0.15, 0.2) is 0 Å². The van der Waals surface area contributed by atoms with Crippen LogP contribution in [-0.2, 0) is 31.3 Å². The minimum absolute atomic E-state index is 0. The van der Waals surface area contributed by atoms with Crippen molar-refractivity contribution in [3.63, 3.8) is 0 Å². The van der Waals surface area contributed by atoms with Crippen LogP contribution in [0.25, 0.3) is 6.08 Å². The first-order valence-corrected chi connectivity index (χ1v) is 8.39. The number of rotatable bonds is 2. The van der Waals surface area contributed by atoms with E-state index in [0.29, 0.717) is 0 Å². The molecule has 1 aromatic rings. The van der Waals surface area contributed by atoms with Gasteiger partial charge in [-0.15, -0.1) is 0 Å². The van der Waals surface area contributed by atoms with Gasteiger partial charge >= 0.3 is 33.9 Å². The van der Waals surface area contributed by atoms with Gasteiger partial charge in [-0.25, -0.2) is 0 Å². The summed E-state index contributed by atoms with van der Waals surface area (Å²) in [6, 6.07) is 8.55. The Balaban J connectivity index is -0.000000142. The van der Waals surface area contributed by atoms with Crippen molar-refractivity contribution < 1.29 is 31.3 Å². The van der Waals surface area contributed by atoms with Gasteiger partial charge < -0.3 is 0 Å². The number of hydrogen-bond donors (Lipinski definition) is 0. The zero-order valence-electron chi connectivity index (χ0n) is 11.2. The van der Waals surface area contributed by atoms with Gasteiger partial charge in [-0.05, 0) is 5.56 Å². The molecule has 0 N–H and O–H groups in total. The first-order chi connectivity index (χ1) is 8.55. The van der Waals surface area contributed by atoms with Gasteiger partial charge in [0, 0.05) is 17.4 Å². The van der Waals surface area contributed by atoms with Gasteiger partial charge in [-0.2, -0.15) is 0 Å². The molecule has 0 fully saturated rings. The molecule has 19 heavy (non-hydrogen) atoms. The SMILES string of the molecule is C=Cc1ccccc1[Si](C)(C)C.[C-]#[O+].[C-]#[O+].[C-]#[O+].[Cr]. The Morgan fingerprint density at radius 3 is 1.58 bits per heavy atom. The van der Waals surface area contributed by atoms with Crippen LogP contribution >= 0.6 is 0 Å². The van der Waals surface area contributed by atoms with Crippen molar-refractivity contribution >= 4 is 19.3 Å². The molecule has 5 heteroatoms. The third-order valence-electron chi connectivity index (χ3n) is 1.99. The molecule has 0 atom stereocenters. The molecule has 0 aliphatic rings. The number of hydrogen-bond acceptors (Lipinski definition) is 0. The molecule has 0 heterocycles. The molecular weight excluding hydrogens is 296 g/mol. The smallest absolute Gasteiger partial charge is 0 e. The van der Waals surface area contributed by atoms with E-state index in [2.05, 4.69) is 70.4 Å². The fourth-order valence-electron chi connectivity index (χ4n) is 1.36. The van der Waals surface area contributed by atoms with Gasteiger partial charge in [0.05, 0.1) is 8.07 Å². The normalized spacial score (nSPS) is 7.42. The third kappa shape index (κ3) is 11.7. The summed E-state index contributed by atoms with van der Waals surface area (Å²) in [7, 11) is -1.17. The van der Waals surface area contributed by atoms with Crippen molar-refractivity contribution in [1.82, 2.24) is 0 Å². The van der Waals surface area contributed by atoms with E-state index in [1.807, 2.05) is 6.08 Å². The summed E-state index contributed by atoms with van der Waals surface area (Å²) in [4.78, 5) is 0. The van der Waals surface area contributed by atoms with Crippen LogP contribution < -0.4 is 5.19 Å². The topological polar surface area (TPSA) is 59.7 Å². The summed E-state index contributed by atoms with van der Waals surface area (Å²) in [5.74, 6) is 0. The van der Waals surface area contributed by atoms with Crippen molar-refractivity contribution in [3.05, 3.63) is 56.4 Å². The molecule has 0 aromatic heterocycles. The van der Waals surface area contributed by atoms with E-state index in [9.17, 15) is 0 Å². The molecular formula is C14H16CrO3Si. The minimum Gasteiger partial charge on any atom is 0 e. The Bertz CT molecular complexity index is 389. The van der Waals surface area contributed by atoms with Gasteiger partial charge in [-0.1, -0.05) is 61.7 Å². The quantitative estimate of drug-likeness (QED) is 0.458. The molecule has 1 aromatic carbocycles. The summed E-state index contributed by atoms with van der Waals surface area (Å²) < 4.78 is 22.5. The zero-order chi connectivity index (χ0) is 15.2. The van der Waals surface area contributed by atoms with E-state index in [1.165, 1.54) is 10.8 Å². The summed E-state index contributed by atoms with van der Waals surface area (Å²) >= 11 is 0. The molecule has 0 bridgehead atoms. The third-order valence-corrected chi connectivity index (χ3v) is 4.06. The first-order valence-electron chi connectivity index (χ1n) is 4.89. The maximum absolute atomic E-state index is 7.50.